The minimum atomic E-state index is -0.0354. The maximum atomic E-state index is 4.88. The van der Waals surface area contributed by atoms with Crippen molar-refractivity contribution in [3.63, 3.8) is 0 Å². The fourth-order valence-corrected chi connectivity index (χ4v) is 2.78. The average Bonchev–Trinajstić information content (AvgIpc) is 2.86. The van der Waals surface area contributed by atoms with Gasteiger partial charge in [-0.3, -0.25) is 0 Å². The van der Waals surface area contributed by atoms with E-state index in [0.717, 1.165) is 22.6 Å². The highest BCUT2D eigenvalue weighted by molar-refractivity contribution is 5.84. The van der Waals surface area contributed by atoms with Crippen molar-refractivity contribution in [2.75, 3.05) is 12.4 Å². The zero-order chi connectivity index (χ0) is 15.0. The van der Waals surface area contributed by atoms with E-state index in [4.69, 9.17) is 4.98 Å². The van der Waals surface area contributed by atoms with Gasteiger partial charge >= 0.3 is 0 Å². The van der Waals surface area contributed by atoms with Crippen LogP contribution in [0.1, 0.15) is 20.8 Å². The number of fused-ring (bicyclic) bond motifs is 1. The van der Waals surface area contributed by atoms with Crippen molar-refractivity contribution >= 4 is 16.7 Å². The molecular formula is C18H21N3. The summed E-state index contributed by atoms with van der Waals surface area (Å²) in [4.78, 5) is 4.88. The number of para-hydroxylation sites is 3. The van der Waals surface area contributed by atoms with Gasteiger partial charge in [0, 0.05) is 23.8 Å². The first-order valence-electron chi connectivity index (χ1n) is 7.27. The van der Waals surface area contributed by atoms with Crippen LogP contribution < -0.4 is 5.32 Å². The molecule has 0 aliphatic rings. The zero-order valence-electron chi connectivity index (χ0n) is 13.0. The van der Waals surface area contributed by atoms with E-state index < -0.39 is 0 Å². The first-order valence-corrected chi connectivity index (χ1v) is 7.27. The molecule has 1 heterocycles. The van der Waals surface area contributed by atoms with Gasteiger partial charge in [-0.15, -0.1) is 0 Å². The lowest BCUT2D eigenvalue weighted by atomic mass is 10.1. The predicted molar refractivity (Wildman–Crippen MR) is 89.7 cm³/mol. The maximum absolute atomic E-state index is 4.88. The van der Waals surface area contributed by atoms with Crippen LogP contribution in [0.5, 0.6) is 0 Å². The van der Waals surface area contributed by atoms with E-state index in [9.17, 15) is 0 Å². The summed E-state index contributed by atoms with van der Waals surface area (Å²) in [6.45, 7) is 6.64. The summed E-state index contributed by atoms with van der Waals surface area (Å²) in [5.74, 6) is 1.01. The predicted octanol–water partition coefficient (Wildman–Crippen LogP) is 4.50. The Balaban J connectivity index is 2.37. The lowest BCUT2D eigenvalue weighted by Crippen LogP contribution is -2.22. The van der Waals surface area contributed by atoms with Gasteiger partial charge in [-0.1, -0.05) is 24.3 Å². The van der Waals surface area contributed by atoms with Gasteiger partial charge in [0.05, 0.1) is 11.0 Å². The summed E-state index contributed by atoms with van der Waals surface area (Å²) < 4.78 is 2.32. The number of nitrogens with one attached hydrogen (secondary N) is 1. The van der Waals surface area contributed by atoms with E-state index in [-0.39, 0.29) is 5.54 Å². The van der Waals surface area contributed by atoms with Gasteiger partial charge in [0.2, 0.25) is 0 Å². The molecule has 0 atom stereocenters. The van der Waals surface area contributed by atoms with Crippen LogP contribution in [0.4, 0.5) is 5.69 Å². The SMILES string of the molecule is CNc1ccccc1-c1nc2ccccc2n1C(C)(C)C. The molecule has 0 unspecified atom stereocenters. The van der Waals surface area contributed by atoms with Gasteiger partial charge in [-0.05, 0) is 45.0 Å². The van der Waals surface area contributed by atoms with E-state index in [0.29, 0.717) is 0 Å². The van der Waals surface area contributed by atoms with Gasteiger partial charge < -0.3 is 9.88 Å². The molecule has 0 fully saturated rings. The van der Waals surface area contributed by atoms with Crippen molar-refractivity contribution < 1.29 is 0 Å². The molecule has 21 heavy (non-hydrogen) atoms. The Labute approximate surface area is 125 Å². The fraction of sp³-hybridized carbons (Fsp3) is 0.278. The average molecular weight is 279 g/mol. The number of anilines is 1. The number of aromatic nitrogens is 2. The highest BCUT2D eigenvalue weighted by Gasteiger charge is 2.23. The number of hydrogen-bond donors (Lipinski definition) is 1. The minimum Gasteiger partial charge on any atom is -0.388 e. The van der Waals surface area contributed by atoms with E-state index in [1.165, 1.54) is 5.52 Å². The summed E-state index contributed by atoms with van der Waals surface area (Å²) in [5.41, 5.74) is 4.40. The molecule has 108 valence electrons. The Morgan fingerprint density at radius 2 is 1.62 bits per heavy atom. The molecule has 0 bridgehead atoms. The topological polar surface area (TPSA) is 29.9 Å². The normalized spacial score (nSPS) is 11.8. The summed E-state index contributed by atoms with van der Waals surface area (Å²) in [6.07, 6.45) is 0. The first kappa shape index (κ1) is 13.7. The molecule has 3 heteroatoms. The fourth-order valence-electron chi connectivity index (χ4n) is 2.78. The third-order valence-electron chi connectivity index (χ3n) is 3.67. The van der Waals surface area contributed by atoms with Crippen LogP contribution >= 0.6 is 0 Å². The molecule has 3 rings (SSSR count). The summed E-state index contributed by atoms with van der Waals surface area (Å²) in [7, 11) is 1.95. The summed E-state index contributed by atoms with van der Waals surface area (Å²) in [5, 5.41) is 3.26. The van der Waals surface area contributed by atoms with Crippen LogP contribution in [0.25, 0.3) is 22.4 Å². The molecule has 0 amide bonds. The standard InChI is InChI=1S/C18H21N3/c1-18(2,3)21-16-12-8-7-11-15(16)20-17(21)13-9-5-6-10-14(13)19-4/h5-12,19H,1-4H3. The van der Waals surface area contributed by atoms with Gasteiger partial charge in [0.25, 0.3) is 0 Å². The summed E-state index contributed by atoms with van der Waals surface area (Å²) >= 11 is 0. The lowest BCUT2D eigenvalue weighted by Gasteiger charge is -2.25. The Bertz CT molecular complexity index is 779. The maximum Gasteiger partial charge on any atom is 0.143 e. The van der Waals surface area contributed by atoms with Crippen molar-refractivity contribution in [3.8, 4) is 11.4 Å². The first-order chi connectivity index (χ1) is 10.0. The van der Waals surface area contributed by atoms with Crippen LogP contribution in [-0.4, -0.2) is 16.6 Å². The third kappa shape index (κ3) is 2.29. The quantitative estimate of drug-likeness (QED) is 0.748. The van der Waals surface area contributed by atoms with Gasteiger partial charge in [0.1, 0.15) is 5.82 Å². The van der Waals surface area contributed by atoms with E-state index >= 15 is 0 Å². The highest BCUT2D eigenvalue weighted by Crippen LogP contribution is 2.34. The Morgan fingerprint density at radius 3 is 2.33 bits per heavy atom. The number of benzene rings is 2. The van der Waals surface area contributed by atoms with Crippen LogP contribution in [0.15, 0.2) is 48.5 Å². The van der Waals surface area contributed by atoms with Crippen LogP contribution in [0.3, 0.4) is 0 Å². The van der Waals surface area contributed by atoms with Gasteiger partial charge in [0.15, 0.2) is 0 Å². The molecule has 0 radical (unpaired) electrons. The second-order valence-corrected chi connectivity index (χ2v) is 6.23. The lowest BCUT2D eigenvalue weighted by molar-refractivity contribution is 0.413. The molecule has 2 aromatic carbocycles. The van der Waals surface area contributed by atoms with Gasteiger partial charge in [-0.25, -0.2) is 4.98 Å². The largest absolute Gasteiger partial charge is 0.388 e. The third-order valence-corrected chi connectivity index (χ3v) is 3.67. The van der Waals surface area contributed by atoms with Crippen LogP contribution in [0, 0.1) is 0 Å². The highest BCUT2D eigenvalue weighted by atomic mass is 15.1. The molecule has 0 saturated carbocycles. The van der Waals surface area contributed by atoms with Crippen LogP contribution in [0.2, 0.25) is 0 Å². The van der Waals surface area contributed by atoms with E-state index in [1.54, 1.807) is 0 Å². The van der Waals surface area contributed by atoms with Crippen molar-refractivity contribution in [3.05, 3.63) is 48.5 Å². The Kier molecular flexibility index (Phi) is 3.20. The molecule has 0 saturated heterocycles. The Hall–Kier alpha value is -2.29. The Morgan fingerprint density at radius 1 is 0.952 bits per heavy atom. The van der Waals surface area contributed by atoms with Crippen molar-refractivity contribution in [1.29, 1.82) is 0 Å². The zero-order valence-corrected chi connectivity index (χ0v) is 13.0. The van der Waals surface area contributed by atoms with E-state index in [1.807, 2.05) is 19.2 Å². The van der Waals surface area contributed by atoms with Crippen LogP contribution in [-0.2, 0) is 5.54 Å². The molecule has 1 N–H and O–H groups in total. The van der Waals surface area contributed by atoms with E-state index in [2.05, 4.69) is 67.1 Å². The van der Waals surface area contributed by atoms with Crippen molar-refractivity contribution in [2.45, 2.75) is 26.3 Å². The number of nitrogens with zero attached hydrogens (tertiary/aromatic N) is 2. The second kappa shape index (κ2) is 4.92. The number of hydrogen-bond acceptors (Lipinski definition) is 2. The monoisotopic (exact) mass is 279 g/mol. The molecule has 0 spiro atoms. The minimum absolute atomic E-state index is 0.0354. The smallest absolute Gasteiger partial charge is 0.143 e. The molecule has 0 aliphatic carbocycles. The van der Waals surface area contributed by atoms with Gasteiger partial charge in [-0.2, -0.15) is 0 Å². The molecular weight excluding hydrogens is 258 g/mol. The summed E-state index contributed by atoms with van der Waals surface area (Å²) in [6, 6.07) is 16.6. The molecule has 3 aromatic rings. The van der Waals surface area contributed by atoms with Crippen molar-refractivity contribution in [1.82, 2.24) is 9.55 Å². The second-order valence-electron chi connectivity index (χ2n) is 6.23. The number of imidazole rings is 1. The molecule has 1 aromatic heterocycles. The number of rotatable bonds is 2. The molecule has 3 nitrogen and oxygen atoms in total. The molecule has 0 aliphatic heterocycles. The van der Waals surface area contributed by atoms with Crippen molar-refractivity contribution in [2.24, 2.45) is 0 Å².